The molecular formula is C15H16ClN3O3S. The number of phenols is 1. The van der Waals surface area contributed by atoms with E-state index in [1.54, 1.807) is 12.1 Å². The molecular weight excluding hydrogens is 338 g/mol. The molecule has 1 N–H and O–H groups in total. The molecule has 0 aliphatic carbocycles. The van der Waals surface area contributed by atoms with Gasteiger partial charge in [0.1, 0.15) is 5.75 Å². The Morgan fingerprint density at radius 2 is 1.83 bits per heavy atom. The summed E-state index contributed by atoms with van der Waals surface area (Å²) in [6.07, 6.45) is 0. The van der Waals surface area contributed by atoms with Gasteiger partial charge in [0, 0.05) is 31.9 Å². The standard InChI is InChI=1S/C15H16ClN3O3S/c1-22-14(21)12-13(16)17-15(23-12)19-8-6-18(7-9-19)10-2-4-11(20)5-3-10/h2-5,20H,6-9H2,1H3. The van der Waals surface area contributed by atoms with Gasteiger partial charge >= 0.3 is 5.97 Å². The largest absolute Gasteiger partial charge is 0.508 e. The Hall–Kier alpha value is -1.99. The van der Waals surface area contributed by atoms with Crippen LogP contribution in [0.2, 0.25) is 5.15 Å². The first-order valence-corrected chi connectivity index (χ1v) is 8.31. The van der Waals surface area contributed by atoms with Crippen LogP contribution < -0.4 is 9.80 Å². The third kappa shape index (κ3) is 3.35. The van der Waals surface area contributed by atoms with E-state index in [0.717, 1.165) is 37.0 Å². The van der Waals surface area contributed by atoms with Crippen molar-refractivity contribution in [1.82, 2.24) is 4.98 Å². The predicted molar refractivity (Wildman–Crippen MR) is 91.0 cm³/mol. The molecule has 0 amide bonds. The first kappa shape index (κ1) is 15.9. The zero-order chi connectivity index (χ0) is 16.4. The van der Waals surface area contributed by atoms with Gasteiger partial charge in [-0.2, -0.15) is 0 Å². The van der Waals surface area contributed by atoms with Crippen molar-refractivity contribution in [3.05, 3.63) is 34.3 Å². The fraction of sp³-hybridized carbons (Fsp3) is 0.333. The van der Waals surface area contributed by atoms with Gasteiger partial charge < -0.3 is 19.6 Å². The number of carbonyl (C=O) groups excluding carboxylic acids is 1. The average molecular weight is 354 g/mol. The van der Waals surface area contributed by atoms with E-state index in [1.807, 2.05) is 12.1 Å². The highest BCUT2D eigenvalue weighted by Crippen LogP contribution is 2.31. The van der Waals surface area contributed by atoms with Gasteiger partial charge in [0.05, 0.1) is 7.11 Å². The number of benzene rings is 1. The molecule has 1 aliphatic rings. The Balaban J connectivity index is 1.67. The smallest absolute Gasteiger partial charge is 0.351 e. The van der Waals surface area contributed by atoms with Crippen LogP contribution in [-0.4, -0.2) is 49.3 Å². The number of thiazole rings is 1. The summed E-state index contributed by atoms with van der Waals surface area (Å²) in [6, 6.07) is 7.18. The van der Waals surface area contributed by atoms with E-state index in [4.69, 9.17) is 16.3 Å². The minimum atomic E-state index is -0.457. The van der Waals surface area contributed by atoms with Crippen LogP contribution in [0.25, 0.3) is 0 Å². The highest BCUT2D eigenvalue weighted by molar-refractivity contribution is 7.18. The number of esters is 1. The molecule has 0 radical (unpaired) electrons. The second-order valence-electron chi connectivity index (χ2n) is 5.10. The number of methoxy groups -OCH3 is 1. The minimum absolute atomic E-state index is 0.192. The Morgan fingerprint density at radius 1 is 1.22 bits per heavy atom. The first-order valence-electron chi connectivity index (χ1n) is 7.12. The second kappa shape index (κ2) is 6.64. The van der Waals surface area contributed by atoms with Crippen molar-refractivity contribution in [2.45, 2.75) is 0 Å². The zero-order valence-electron chi connectivity index (χ0n) is 12.5. The van der Waals surface area contributed by atoms with Gasteiger partial charge in [-0.3, -0.25) is 0 Å². The fourth-order valence-electron chi connectivity index (χ4n) is 2.46. The van der Waals surface area contributed by atoms with E-state index in [1.165, 1.54) is 18.4 Å². The number of hydrogen-bond donors (Lipinski definition) is 1. The maximum atomic E-state index is 11.6. The molecule has 0 atom stereocenters. The van der Waals surface area contributed by atoms with Gasteiger partial charge in [-0.15, -0.1) is 0 Å². The van der Waals surface area contributed by atoms with Gasteiger partial charge in [0.25, 0.3) is 0 Å². The molecule has 0 saturated carbocycles. The van der Waals surface area contributed by atoms with Gasteiger partial charge in [0.2, 0.25) is 0 Å². The molecule has 1 saturated heterocycles. The van der Waals surface area contributed by atoms with Crippen molar-refractivity contribution < 1.29 is 14.6 Å². The number of piperazine rings is 1. The summed E-state index contributed by atoms with van der Waals surface area (Å²) < 4.78 is 4.70. The molecule has 23 heavy (non-hydrogen) atoms. The van der Waals surface area contributed by atoms with Crippen molar-refractivity contribution in [2.75, 3.05) is 43.1 Å². The molecule has 8 heteroatoms. The summed E-state index contributed by atoms with van der Waals surface area (Å²) in [6.45, 7) is 3.22. The van der Waals surface area contributed by atoms with Crippen LogP contribution in [0.15, 0.2) is 24.3 Å². The van der Waals surface area contributed by atoms with Crippen LogP contribution in [0.4, 0.5) is 10.8 Å². The Kier molecular flexibility index (Phi) is 4.58. The molecule has 1 fully saturated rings. The third-order valence-electron chi connectivity index (χ3n) is 3.71. The minimum Gasteiger partial charge on any atom is -0.508 e. The topological polar surface area (TPSA) is 65.9 Å². The number of halogens is 1. The molecule has 2 heterocycles. The van der Waals surface area contributed by atoms with Crippen LogP contribution in [-0.2, 0) is 4.74 Å². The van der Waals surface area contributed by atoms with Gasteiger partial charge in [-0.05, 0) is 24.3 Å². The van der Waals surface area contributed by atoms with Crippen molar-refractivity contribution in [1.29, 1.82) is 0 Å². The number of carbonyl (C=O) groups is 1. The number of anilines is 2. The number of rotatable bonds is 3. The quantitative estimate of drug-likeness (QED) is 0.856. The van der Waals surface area contributed by atoms with E-state index in [9.17, 15) is 9.90 Å². The molecule has 2 aromatic rings. The maximum Gasteiger partial charge on any atom is 0.351 e. The Morgan fingerprint density at radius 3 is 2.43 bits per heavy atom. The SMILES string of the molecule is COC(=O)c1sc(N2CCN(c3ccc(O)cc3)CC2)nc1Cl. The molecule has 122 valence electrons. The van der Waals surface area contributed by atoms with Crippen molar-refractivity contribution in [3.8, 4) is 5.75 Å². The third-order valence-corrected chi connectivity index (χ3v) is 5.19. The van der Waals surface area contributed by atoms with Crippen molar-refractivity contribution in [3.63, 3.8) is 0 Å². The number of aromatic nitrogens is 1. The van der Waals surface area contributed by atoms with Crippen molar-refractivity contribution >= 4 is 39.7 Å². The lowest BCUT2D eigenvalue weighted by Gasteiger charge is -2.35. The van der Waals surface area contributed by atoms with E-state index in [-0.39, 0.29) is 10.9 Å². The lowest BCUT2D eigenvalue weighted by Crippen LogP contribution is -2.46. The van der Waals surface area contributed by atoms with Crippen LogP contribution >= 0.6 is 22.9 Å². The predicted octanol–water partition coefficient (Wildman–Crippen LogP) is 2.62. The van der Waals surface area contributed by atoms with Gasteiger partial charge in [-0.25, -0.2) is 9.78 Å². The number of nitrogens with zero attached hydrogens (tertiary/aromatic N) is 3. The van der Waals surface area contributed by atoms with Crippen LogP contribution in [0.3, 0.4) is 0 Å². The molecule has 0 bridgehead atoms. The maximum absolute atomic E-state index is 11.6. The molecule has 1 aromatic carbocycles. The highest BCUT2D eigenvalue weighted by Gasteiger charge is 2.24. The summed E-state index contributed by atoms with van der Waals surface area (Å²) in [5, 5.41) is 10.3. The molecule has 6 nitrogen and oxygen atoms in total. The number of ether oxygens (including phenoxy) is 1. The van der Waals surface area contributed by atoms with Crippen molar-refractivity contribution in [2.24, 2.45) is 0 Å². The average Bonchev–Trinajstić information content (AvgIpc) is 2.97. The summed E-state index contributed by atoms with van der Waals surface area (Å²) >= 11 is 7.27. The number of hydrogen-bond acceptors (Lipinski definition) is 7. The first-order chi connectivity index (χ1) is 11.1. The highest BCUT2D eigenvalue weighted by atomic mass is 35.5. The monoisotopic (exact) mass is 353 g/mol. The lowest BCUT2D eigenvalue weighted by molar-refractivity contribution is 0.0606. The van der Waals surface area contributed by atoms with E-state index < -0.39 is 5.97 Å². The van der Waals surface area contributed by atoms with E-state index >= 15 is 0 Å². The van der Waals surface area contributed by atoms with Crippen LogP contribution in [0.1, 0.15) is 9.67 Å². The molecule has 1 aliphatic heterocycles. The summed E-state index contributed by atoms with van der Waals surface area (Å²) in [5.74, 6) is -0.193. The second-order valence-corrected chi connectivity index (χ2v) is 6.43. The van der Waals surface area contributed by atoms with Crippen LogP contribution in [0.5, 0.6) is 5.75 Å². The zero-order valence-corrected chi connectivity index (χ0v) is 14.1. The number of phenolic OH excluding ortho intramolecular Hbond substituents is 1. The lowest BCUT2D eigenvalue weighted by atomic mass is 10.2. The molecule has 1 aromatic heterocycles. The fourth-order valence-corrected chi connectivity index (χ4v) is 3.71. The van der Waals surface area contributed by atoms with Gasteiger partial charge in [-0.1, -0.05) is 22.9 Å². The summed E-state index contributed by atoms with van der Waals surface area (Å²) in [4.78, 5) is 20.6. The number of aromatic hydroxyl groups is 1. The normalized spacial score (nSPS) is 14.9. The summed E-state index contributed by atoms with van der Waals surface area (Å²) in [7, 11) is 1.33. The molecule has 0 spiro atoms. The molecule has 3 rings (SSSR count). The van der Waals surface area contributed by atoms with E-state index in [0.29, 0.717) is 4.88 Å². The Labute approximate surface area is 142 Å². The molecule has 0 unspecified atom stereocenters. The Bertz CT molecular complexity index is 696. The van der Waals surface area contributed by atoms with E-state index in [2.05, 4.69) is 14.8 Å². The van der Waals surface area contributed by atoms with Crippen LogP contribution in [0, 0.1) is 0 Å². The summed E-state index contributed by atoms with van der Waals surface area (Å²) in [5.41, 5.74) is 1.08. The van der Waals surface area contributed by atoms with Gasteiger partial charge in [0.15, 0.2) is 15.2 Å².